The number of carbonyl (C=O) groups is 1. The Balaban J connectivity index is 1.56. The average Bonchev–Trinajstić information content (AvgIpc) is 3.23. The first kappa shape index (κ1) is 19.9. The molecular weight excluding hydrogens is 356 g/mol. The number of nitrogens with zero attached hydrogens (tertiary/aromatic N) is 1. The van der Waals surface area contributed by atoms with Gasteiger partial charge in [0.1, 0.15) is 17.5 Å². The van der Waals surface area contributed by atoms with Crippen molar-refractivity contribution in [2.45, 2.75) is 32.4 Å². The fourth-order valence-electron chi connectivity index (χ4n) is 3.04. The van der Waals surface area contributed by atoms with Gasteiger partial charge in [-0.15, -0.1) is 0 Å². The van der Waals surface area contributed by atoms with E-state index in [9.17, 15) is 4.79 Å². The smallest absolute Gasteiger partial charge is 0.258 e. The minimum absolute atomic E-state index is 0.0508. The zero-order chi connectivity index (χ0) is 19.9. The maximum atomic E-state index is 12.5. The first-order chi connectivity index (χ1) is 13.6. The Morgan fingerprint density at radius 1 is 1.18 bits per heavy atom. The Kier molecular flexibility index (Phi) is 6.62. The Hall–Kier alpha value is -2.90. The largest absolute Gasteiger partial charge is 0.497 e. The minimum atomic E-state index is -0.363. The Bertz CT molecular complexity index is 836. The summed E-state index contributed by atoms with van der Waals surface area (Å²) in [6.07, 6.45) is 0.632. The topological polar surface area (TPSA) is 84.0 Å². The van der Waals surface area contributed by atoms with Gasteiger partial charge in [0.2, 0.25) is 0 Å². The molecule has 3 rings (SSSR count). The molecule has 28 heavy (non-hydrogen) atoms. The first-order valence-electron chi connectivity index (χ1n) is 9.33. The molecule has 1 heterocycles. The summed E-state index contributed by atoms with van der Waals surface area (Å²) in [5.74, 6) is 1.41. The summed E-state index contributed by atoms with van der Waals surface area (Å²) in [5.41, 5.74) is 11.6. The van der Waals surface area contributed by atoms with Crippen LogP contribution in [0.4, 0.5) is 0 Å². The summed E-state index contributed by atoms with van der Waals surface area (Å²) in [5, 5.41) is 4.22. The zero-order valence-corrected chi connectivity index (χ0v) is 16.4. The second-order valence-electron chi connectivity index (χ2n) is 6.54. The molecule has 1 aliphatic rings. The van der Waals surface area contributed by atoms with Crippen molar-refractivity contribution in [2.75, 3.05) is 13.7 Å². The van der Waals surface area contributed by atoms with Crippen LogP contribution in [0.3, 0.4) is 0 Å². The van der Waals surface area contributed by atoms with Crippen molar-refractivity contribution in [3.63, 3.8) is 0 Å². The van der Waals surface area contributed by atoms with Crippen molar-refractivity contribution < 1.29 is 14.3 Å². The number of rotatable bonds is 7. The number of hydrazine groups is 1. The van der Waals surface area contributed by atoms with Gasteiger partial charge in [-0.05, 0) is 50.1 Å². The second-order valence-corrected chi connectivity index (χ2v) is 6.54. The highest BCUT2D eigenvalue weighted by molar-refractivity contribution is 5.99. The molecule has 0 bridgehead atoms. The zero-order valence-electron chi connectivity index (χ0n) is 16.4. The number of ether oxygens (including phenoxy) is 2. The van der Waals surface area contributed by atoms with Crippen LogP contribution >= 0.6 is 0 Å². The van der Waals surface area contributed by atoms with Crippen LogP contribution in [0.15, 0.2) is 53.6 Å². The lowest BCUT2D eigenvalue weighted by Crippen LogP contribution is -2.41. The molecule has 7 heteroatoms. The minimum Gasteiger partial charge on any atom is -0.497 e. The number of benzene rings is 2. The van der Waals surface area contributed by atoms with Crippen molar-refractivity contribution in [2.24, 2.45) is 5.10 Å². The van der Waals surface area contributed by atoms with Gasteiger partial charge in [-0.2, -0.15) is 5.10 Å². The standard InChI is InChI=1S/C21H26N4O3/c1-4-28-17-10-8-15(9-11-17)19-13-20(24-23-19)21(26)25-22-14(2)16-6-5-7-18(12-16)27-3/h5-12,19-20,23-24H,4,13H2,1-3H3,(H,25,26)/b22-14+. The molecule has 0 radical (unpaired) electrons. The van der Waals surface area contributed by atoms with Gasteiger partial charge in [0.05, 0.1) is 19.4 Å². The second kappa shape index (κ2) is 9.34. The SMILES string of the molecule is CCOc1ccc(C2CC(C(=O)N/N=C(\C)c3cccc(OC)c3)NN2)cc1. The van der Waals surface area contributed by atoms with Gasteiger partial charge < -0.3 is 9.47 Å². The lowest BCUT2D eigenvalue weighted by Gasteiger charge is -2.11. The highest BCUT2D eigenvalue weighted by Gasteiger charge is 2.30. The van der Waals surface area contributed by atoms with Crippen LogP contribution in [0.25, 0.3) is 0 Å². The van der Waals surface area contributed by atoms with Crippen LogP contribution in [0.1, 0.15) is 37.4 Å². The summed E-state index contributed by atoms with van der Waals surface area (Å²) in [4.78, 5) is 12.5. The van der Waals surface area contributed by atoms with Gasteiger partial charge in [-0.1, -0.05) is 24.3 Å². The molecule has 2 unspecified atom stereocenters. The van der Waals surface area contributed by atoms with Crippen LogP contribution in [0, 0.1) is 0 Å². The lowest BCUT2D eigenvalue weighted by molar-refractivity contribution is -0.122. The van der Waals surface area contributed by atoms with E-state index in [0.717, 1.165) is 22.6 Å². The maximum absolute atomic E-state index is 12.5. The van der Waals surface area contributed by atoms with Gasteiger partial charge in [0.15, 0.2) is 0 Å². The fourth-order valence-corrected chi connectivity index (χ4v) is 3.04. The molecule has 1 saturated heterocycles. The van der Waals surface area contributed by atoms with Crippen LogP contribution in [-0.4, -0.2) is 31.4 Å². The number of methoxy groups -OCH3 is 1. The van der Waals surface area contributed by atoms with E-state index in [-0.39, 0.29) is 18.0 Å². The molecule has 0 aromatic heterocycles. The quantitative estimate of drug-likeness (QED) is 0.506. The number of hydrogen-bond donors (Lipinski definition) is 3. The van der Waals surface area contributed by atoms with E-state index in [4.69, 9.17) is 9.47 Å². The van der Waals surface area contributed by atoms with Crippen LogP contribution in [0.5, 0.6) is 11.5 Å². The number of hydrazone groups is 1. The van der Waals surface area contributed by atoms with Crippen molar-refractivity contribution in [3.8, 4) is 11.5 Å². The van der Waals surface area contributed by atoms with Crippen molar-refractivity contribution >= 4 is 11.6 Å². The summed E-state index contributed by atoms with van der Waals surface area (Å²) in [6.45, 7) is 4.44. The number of amides is 1. The molecule has 148 valence electrons. The maximum Gasteiger partial charge on any atom is 0.258 e. The molecular formula is C21H26N4O3. The van der Waals surface area contributed by atoms with Crippen LogP contribution in [-0.2, 0) is 4.79 Å². The van der Waals surface area contributed by atoms with E-state index in [2.05, 4.69) is 21.4 Å². The van der Waals surface area contributed by atoms with E-state index in [1.54, 1.807) is 7.11 Å². The van der Waals surface area contributed by atoms with Gasteiger partial charge >= 0.3 is 0 Å². The molecule has 1 aliphatic heterocycles. The predicted molar refractivity (Wildman–Crippen MR) is 108 cm³/mol. The van der Waals surface area contributed by atoms with Gasteiger partial charge in [0, 0.05) is 11.6 Å². The van der Waals surface area contributed by atoms with Crippen LogP contribution < -0.4 is 25.8 Å². The van der Waals surface area contributed by atoms with Crippen molar-refractivity contribution in [1.29, 1.82) is 0 Å². The van der Waals surface area contributed by atoms with E-state index < -0.39 is 0 Å². The highest BCUT2D eigenvalue weighted by Crippen LogP contribution is 2.24. The summed E-state index contributed by atoms with van der Waals surface area (Å²) >= 11 is 0. The Morgan fingerprint density at radius 2 is 1.96 bits per heavy atom. The van der Waals surface area contributed by atoms with Crippen LogP contribution in [0.2, 0.25) is 0 Å². The molecule has 3 N–H and O–H groups in total. The molecule has 1 fully saturated rings. The summed E-state index contributed by atoms with van der Waals surface area (Å²) in [6, 6.07) is 15.1. The van der Waals surface area contributed by atoms with Gasteiger partial charge in [-0.25, -0.2) is 16.3 Å². The molecule has 2 aromatic carbocycles. The molecule has 2 atom stereocenters. The third-order valence-electron chi connectivity index (χ3n) is 4.63. The van der Waals surface area contributed by atoms with Crippen molar-refractivity contribution in [1.82, 2.24) is 16.3 Å². The summed E-state index contributed by atoms with van der Waals surface area (Å²) in [7, 11) is 1.62. The van der Waals surface area contributed by atoms with E-state index in [1.165, 1.54) is 0 Å². The average molecular weight is 382 g/mol. The van der Waals surface area contributed by atoms with E-state index in [1.807, 2.05) is 62.4 Å². The van der Waals surface area contributed by atoms with E-state index >= 15 is 0 Å². The Labute approximate surface area is 165 Å². The molecule has 7 nitrogen and oxygen atoms in total. The van der Waals surface area contributed by atoms with Gasteiger partial charge in [0.25, 0.3) is 5.91 Å². The highest BCUT2D eigenvalue weighted by atomic mass is 16.5. The predicted octanol–water partition coefficient (Wildman–Crippen LogP) is 2.54. The number of hydrogen-bond acceptors (Lipinski definition) is 6. The van der Waals surface area contributed by atoms with Crippen molar-refractivity contribution in [3.05, 3.63) is 59.7 Å². The number of nitrogens with one attached hydrogen (secondary N) is 3. The molecule has 0 saturated carbocycles. The lowest BCUT2D eigenvalue weighted by atomic mass is 10.0. The van der Waals surface area contributed by atoms with Gasteiger partial charge in [-0.3, -0.25) is 4.79 Å². The number of carbonyl (C=O) groups excluding carboxylic acids is 1. The third kappa shape index (κ3) is 4.88. The monoisotopic (exact) mass is 382 g/mol. The Morgan fingerprint density at radius 3 is 2.68 bits per heavy atom. The normalized spacial score (nSPS) is 19.3. The third-order valence-corrected chi connectivity index (χ3v) is 4.63. The molecule has 1 amide bonds. The molecule has 2 aromatic rings. The fraction of sp³-hybridized carbons (Fsp3) is 0.333. The first-order valence-corrected chi connectivity index (χ1v) is 9.33. The molecule has 0 spiro atoms. The molecule has 0 aliphatic carbocycles. The summed E-state index contributed by atoms with van der Waals surface area (Å²) < 4.78 is 10.7. The van der Waals surface area contributed by atoms with E-state index in [0.29, 0.717) is 18.7 Å².